The Hall–Kier alpha value is -3.83. The van der Waals surface area contributed by atoms with Gasteiger partial charge in [-0.2, -0.15) is 13.2 Å². The van der Waals surface area contributed by atoms with Crippen LogP contribution >= 0.6 is 0 Å². The molecule has 0 saturated heterocycles. The number of benzene rings is 2. The normalized spacial score (nSPS) is 13.8. The summed E-state index contributed by atoms with van der Waals surface area (Å²) in [5.74, 6) is -1.20. The summed E-state index contributed by atoms with van der Waals surface area (Å²) >= 11 is 0. The molecule has 1 heterocycles. The molecule has 1 aliphatic rings. The molecule has 0 bridgehead atoms. The van der Waals surface area contributed by atoms with Crippen LogP contribution in [-0.2, 0) is 15.7 Å². The number of alkyl halides is 3. The van der Waals surface area contributed by atoms with Gasteiger partial charge in [-0.3, -0.25) is 14.9 Å². The highest BCUT2D eigenvalue weighted by atomic mass is 19.4. The summed E-state index contributed by atoms with van der Waals surface area (Å²) in [4.78, 5) is 34.3. The number of nitro groups is 1. The minimum Gasteiger partial charge on any atom is -0.486 e. The lowest BCUT2D eigenvalue weighted by molar-refractivity contribution is -0.385. The predicted octanol–water partition coefficient (Wildman–Crippen LogP) is 3.57. The highest BCUT2D eigenvalue weighted by molar-refractivity contribution is 5.98. The number of carbonyl (C=O) groups is 2. The van der Waals surface area contributed by atoms with Crippen molar-refractivity contribution in [1.29, 1.82) is 0 Å². The van der Waals surface area contributed by atoms with E-state index in [2.05, 4.69) is 0 Å². The summed E-state index contributed by atoms with van der Waals surface area (Å²) in [5, 5.41) is 12.7. The number of halogens is 3. The average molecular weight is 440 g/mol. The Balaban J connectivity index is 1.72. The van der Waals surface area contributed by atoms with E-state index in [1.807, 2.05) is 5.32 Å². The second-order valence-electron chi connectivity index (χ2n) is 6.38. The van der Waals surface area contributed by atoms with Crippen LogP contribution in [0.4, 0.5) is 24.5 Å². The van der Waals surface area contributed by atoms with Crippen LogP contribution in [0.3, 0.4) is 0 Å². The first kappa shape index (κ1) is 21.9. The fourth-order valence-electron chi connectivity index (χ4n) is 2.68. The summed E-state index contributed by atoms with van der Waals surface area (Å²) < 4.78 is 55.4. The summed E-state index contributed by atoms with van der Waals surface area (Å²) in [6, 6.07) is 6.12. The van der Waals surface area contributed by atoms with Gasteiger partial charge in [0.2, 0.25) is 0 Å². The molecule has 2 aromatic carbocycles. The molecule has 0 spiro atoms. The zero-order valence-corrected chi connectivity index (χ0v) is 15.9. The summed E-state index contributed by atoms with van der Waals surface area (Å²) in [6.45, 7) is 1.82. The molecular formula is C19H15F3N2O7. The van der Waals surface area contributed by atoms with E-state index >= 15 is 0 Å². The van der Waals surface area contributed by atoms with Crippen molar-refractivity contribution in [2.24, 2.45) is 0 Å². The van der Waals surface area contributed by atoms with Gasteiger partial charge >= 0.3 is 12.1 Å². The Kier molecular flexibility index (Phi) is 5.99. The van der Waals surface area contributed by atoms with E-state index in [1.165, 1.54) is 25.1 Å². The Bertz CT molecular complexity index is 1040. The molecule has 1 atom stereocenters. The molecule has 1 N–H and O–H groups in total. The standard InChI is InChI=1S/C19H15F3N2O7/c1-10(31-18(26)11-2-5-15-16(8-11)30-7-6-29-15)17(25)23-14-4-3-12(24(27)28)9-13(14)19(20,21)22/h2-5,8-10H,6-7H2,1H3,(H,23,25). The second-order valence-corrected chi connectivity index (χ2v) is 6.38. The number of anilines is 1. The third kappa shape index (κ3) is 5.02. The third-order valence-electron chi connectivity index (χ3n) is 4.21. The van der Waals surface area contributed by atoms with E-state index in [0.29, 0.717) is 30.8 Å². The molecule has 3 rings (SSSR count). The van der Waals surface area contributed by atoms with Gasteiger partial charge in [0.15, 0.2) is 17.6 Å². The molecule has 31 heavy (non-hydrogen) atoms. The van der Waals surface area contributed by atoms with Crippen LogP contribution in [0, 0.1) is 10.1 Å². The van der Waals surface area contributed by atoms with Crippen molar-refractivity contribution >= 4 is 23.3 Å². The maximum atomic E-state index is 13.2. The van der Waals surface area contributed by atoms with Gasteiger partial charge in [0, 0.05) is 12.1 Å². The molecule has 164 valence electrons. The number of non-ortho nitro benzene ring substituents is 1. The van der Waals surface area contributed by atoms with Crippen LogP contribution in [0.5, 0.6) is 11.5 Å². The van der Waals surface area contributed by atoms with Crippen molar-refractivity contribution in [2.75, 3.05) is 18.5 Å². The largest absolute Gasteiger partial charge is 0.486 e. The number of hydrogen-bond acceptors (Lipinski definition) is 7. The molecule has 0 fully saturated rings. The minimum atomic E-state index is -4.96. The molecule has 12 heteroatoms. The maximum Gasteiger partial charge on any atom is 0.418 e. The highest BCUT2D eigenvalue weighted by Crippen LogP contribution is 2.37. The molecular weight excluding hydrogens is 425 g/mol. The van der Waals surface area contributed by atoms with Gasteiger partial charge in [0.05, 0.1) is 21.7 Å². The number of nitro benzene ring substituents is 1. The monoisotopic (exact) mass is 440 g/mol. The van der Waals surface area contributed by atoms with Crippen molar-refractivity contribution < 1.29 is 41.9 Å². The van der Waals surface area contributed by atoms with Crippen LogP contribution in [0.25, 0.3) is 0 Å². The summed E-state index contributed by atoms with van der Waals surface area (Å²) in [7, 11) is 0. The van der Waals surface area contributed by atoms with Crippen molar-refractivity contribution in [1.82, 2.24) is 0 Å². The SMILES string of the molecule is CC(OC(=O)c1ccc2c(c1)OCCO2)C(=O)Nc1ccc([N+](=O)[O-])cc1C(F)(F)F. The van der Waals surface area contributed by atoms with Gasteiger partial charge in [0.1, 0.15) is 13.2 Å². The van der Waals surface area contributed by atoms with E-state index in [9.17, 15) is 32.9 Å². The zero-order chi connectivity index (χ0) is 22.8. The maximum absolute atomic E-state index is 13.2. The Morgan fingerprint density at radius 2 is 1.81 bits per heavy atom. The fraction of sp³-hybridized carbons (Fsp3) is 0.263. The van der Waals surface area contributed by atoms with Crippen LogP contribution in [0.15, 0.2) is 36.4 Å². The molecule has 1 unspecified atom stereocenters. The first-order chi connectivity index (χ1) is 14.6. The van der Waals surface area contributed by atoms with E-state index < -0.39 is 46.0 Å². The first-order valence-corrected chi connectivity index (χ1v) is 8.83. The second kappa shape index (κ2) is 8.50. The molecule has 1 amide bonds. The Morgan fingerprint density at radius 3 is 2.45 bits per heavy atom. The van der Waals surface area contributed by atoms with Crippen molar-refractivity contribution in [3.05, 3.63) is 57.6 Å². The number of rotatable bonds is 5. The third-order valence-corrected chi connectivity index (χ3v) is 4.21. The fourth-order valence-corrected chi connectivity index (χ4v) is 2.68. The number of ether oxygens (including phenoxy) is 3. The number of amides is 1. The van der Waals surface area contributed by atoms with Crippen LogP contribution < -0.4 is 14.8 Å². The number of nitrogens with one attached hydrogen (secondary N) is 1. The molecule has 1 aliphatic heterocycles. The number of nitrogens with zero attached hydrogens (tertiary/aromatic N) is 1. The smallest absolute Gasteiger partial charge is 0.418 e. The van der Waals surface area contributed by atoms with E-state index in [-0.39, 0.29) is 5.56 Å². The van der Waals surface area contributed by atoms with Gasteiger partial charge in [-0.15, -0.1) is 0 Å². The molecule has 0 radical (unpaired) electrons. The number of esters is 1. The van der Waals surface area contributed by atoms with Gasteiger partial charge in [-0.1, -0.05) is 0 Å². The lowest BCUT2D eigenvalue weighted by atomic mass is 10.1. The van der Waals surface area contributed by atoms with Gasteiger partial charge in [0.25, 0.3) is 11.6 Å². The number of carbonyl (C=O) groups excluding carboxylic acids is 2. The lowest BCUT2D eigenvalue weighted by Gasteiger charge is -2.19. The van der Waals surface area contributed by atoms with Gasteiger partial charge in [-0.25, -0.2) is 4.79 Å². The van der Waals surface area contributed by atoms with Crippen LogP contribution in [0.2, 0.25) is 0 Å². The van der Waals surface area contributed by atoms with E-state index in [0.717, 1.165) is 12.1 Å². The summed E-state index contributed by atoms with van der Waals surface area (Å²) in [5.41, 5.74) is -2.84. The molecule has 2 aromatic rings. The zero-order valence-electron chi connectivity index (χ0n) is 15.9. The lowest BCUT2D eigenvalue weighted by Crippen LogP contribution is -2.31. The highest BCUT2D eigenvalue weighted by Gasteiger charge is 2.36. The topological polar surface area (TPSA) is 117 Å². The molecule has 9 nitrogen and oxygen atoms in total. The Labute approximate surface area is 172 Å². The first-order valence-electron chi connectivity index (χ1n) is 8.83. The van der Waals surface area contributed by atoms with Crippen molar-refractivity contribution in [2.45, 2.75) is 19.2 Å². The predicted molar refractivity (Wildman–Crippen MR) is 99.0 cm³/mol. The molecule has 0 aromatic heterocycles. The summed E-state index contributed by atoms with van der Waals surface area (Å²) in [6.07, 6.45) is -6.42. The minimum absolute atomic E-state index is 0.0511. The Morgan fingerprint density at radius 1 is 1.13 bits per heavy atom. The van der Waals surface area contributed by atoms with Gasteiger partial charge in [-0.05, 0) is 31.2 Å². The number of hydrogen-bond donors (Lipinski definition) is 1. The van der Waals surface area contributed by atoms with Gasteiger partial charge < -0.3 is 19.5 Å². The van der Waals surface area contributed by atoms with E-state index in [4.69, 9.17) is 14.2 Å². The molecule has 0 saturated carbocycles. The molecule has 0 aliphatic carbocycles. The van der Waals surface area contributed by atoms with Crippen molar-refractivity contribution in [3.8, 4) is 11.5 Å². The average Bonchev–Trinajstić information content (AvgIpc) is 2.72. The van der Waals surface area contributed by atoms with Crippen molar-refractivity contribution in [3.63, 3.8) is 0 Å². The quantitative estimate of drug-likeness (QED) is 0.429. The van der Waals surface area contributed by atoms with Crippen LogP contribution in [0.1, 0.15) is 22.8 Å². The van der Waals surface area contributed by atoms with Crippen LogP contribution in [-0.4, -0.2) is 36.1 Å². The van der Waals surface area contributed by atoms with E-state index in [1.54, 1.807) is 0 Å². The number of fused-ring (bicyclic) bond motifs is 1.